The number of nitrogens with one attached hydrogen (secondary N) is 1. The molecule has 0 spiro atoms. The lowest BCUT2D eigenvalue weighted by Gasteiger charge is -2.07. The Morgan fingerprint density at radius 2 is 1.85 bits per heavy atom. The second-order valence-electron chi connectivity index (χ2n) is 7.34. The Hall–Kier alpha value is -4.79. The van der Waals surface area contributed by atoms with E-state index in [1.807, 2.05) is 36.4 Å². The number of benzene rings is 3. The molecule has 9 heteroatoms. The maximum atomic E-state index is 12.7. The highest BCUT2D eigenvalue weighted by Gasteiger charge is 2.10. The quantitative estimate of drug-likeness (QED) is 0.304. The topological polar surface area (TPSA) is 116 Å². The van der Waals surface area contributed by atoms with E-state index < -0.39 is 4.92 Å². The molecule has 0 saturated heterocycles. The smallest absolute Gasteiger partial charge is 0.271 e. The Labute approximate surface area is 187 Å². The summed E-state index contributed by atoms with van der Waals surface area (Å²) in [6.07, 6.45) is 1.69. The Bertz CT molecular complexity index is 1530. The number of non-ortho nitro benzene ring substituents is 1. The van der Waals surface area contributed by atoms with Gasteiger partial charge >= 0.3 is 0 Å². The SMILES string of the molecule is O=c1cc(-c2ccccc2)oc2ccc(NCc3cn(-c4cccc([N+](=O)[O-])c4)nn3)cc12. The lowest BCUT2D eigenvalue weighted by atomic mass is 10.1. The molecule has 0 radical (unpaired) electrons. The summed E-state index contributed by atoms with van der Waals surface area (Å²) in [5.41, 5.74) is 3.10. The third-order valence-electron chi connectivity index (χ3n) is 5.10. The number of fused-ring (bicyclic) bond motifs is 1. The largest absolute Gasteiger partial charge is 0.456 e. The highest BCUT2D eigenvalue weighted by molar-refractivity contribution is 5.82. The number of hydrogen-bond donors (Lipinski definition) is 1. The normalized spacial score (nSPS) is 10.9. The maximum Gasteiger partial charge on any atom is 0.271 e. The van der Waals surface area contributed by atoms with Gasteiger partial charge < -0.3 is 9.73 Å². The van der Waals surface area contributed by atoms with Crippen molar-refractivity contribution in [2.24, 2.45) is 0 Å². The number of anilines is 1. The van der Waals surface area contributed by atoms with Crippen molar-refractivity contribution in [3.05, 3.63) is 111 Å². The summed E-state index contributed by atoms with van der Waals surface area (Å²) in [5.74, 6) is 0.520. The zero-order valence-corrected chi connectivity index (χ0v) is 17.2. The molecule has 33 heavy (non-hydrogen) atoms. The Balaban J connectivity index is 1.34. The van der Waals surface area contributed by atoms with Crippen LogP contribution in [-0.2, 0) is 6.54 Å². The number of nitro groups is 1. The van der Waals surface area contributed by atoms with Crippen LogP contribution in [0.4, 0.5) is 11.4 Å². The van der Waals surface area contributed by atoms with E-state index in [-0.39, 0.29) is 11.1 Å². The Kier molecular flexibility index (Phi) is 5.12. The van der Waals surface area contributed by atoms with E-state index in [9.17, 15) is 14.9 Å². The van der Waals surface area contributed by atoms with Crippen LogP contribution in [-0.4, -0.2) is 19.9 Å². The molecule has 0 saturated carbocycles. The molecule has 162 valence electrons. The molecule has 5 rings (SSSR count). The summed E-state index contributed by atoms with van der Waals surface area (Å²) in [4.78, 5) is 23.2. The van der Waals surface area contributed by atoms with E-state index in [0.717, 1.165) is 11.3 Å². The first-order valence-electron chi connectivity index (χ1n) is 10.1. The van der Waals surface area contributed by atoms with Crippen LogP contribution in [0.5, 0.6) is 0 Å². The van der Waals surface area contributed by atoms with Gasteiger partial charge in [-0.05, 0) is 24.3 Å². The van der Waals surface area contributed by atoms with Crippen LogP contribution in [0, 0.1) is 10.1 Å². The van der Waals surface area contributed by atoms with Crippen molar-refractivity contribution in [2.45, 2.75) is 6.54 Å². The summed E-state index contributed by atoms with van der Waals surface area (Å²) < 4.78 is 7.40. The van der Waals surface area contributed by atoms with Gasteiger partial charge in [-0.15, -0.1) is 5.10 Å². The summed E-state index contributed by atoms with van der Waals surface area (Å²) in [6, 6.07) is 22.4. The predicted octanol–water partition coefficient (Wildman–Crippen LogP) is 4.56. The van der Waals surface area contributed by atoms with E-state index in [4.69, 9.17) is 4.42 Å². The average Bonchev–Trinajstić information content (AvgIpc) is 3.32. The molecule has 0 aliphatic carbocycles. The molecule has 5 aromatic rings. The van der Waals surface area contributed by atoms with Crippen LogP contribution in [0.15, 0.2) is 94.3 Å². The van der Waals surface area contributed by atoms with E-state index >= 15 is 0 Å². The molecule has 2 aromatic heterocycles. The van der Waals surface area contributed by atoms with Gasteiger partial charge in [0.05, 0.1) is 28.7 Å². The zero-order chi connectivity index (χ0) is 22.8. The van der Waals surface area contributed by atoms with Crippen molar-refractivity contribution in [1.29, 1.82) is 0 Å². The average molecular weight is 439 g/mol. The van der Waals surface area contributed by atoms with Gasteiger partial charge in [-0.1, -0.05) is 41.6 Å². The third-order valence-corrected chi connectivity index (χ3v) is 5.10. The lowest BCUT2D eigenvalue weighted by molar-refractivity contribution is -0.384. The second-order valence-corrected chi connectivity index (χ2v) is 7.34. The highest BCUT2D eigenvalue weighted by Crippen LogP contribution is 2.24. The van der Waals surface area contributed by atoms with Crippen LogP contribution in [0.3, 0.4) is 0 Å². The lowest BCUT2D eigenvalue weighted by Crippen LogP contribution is -2.03. The van der Waals surface area contributed by atoms with Gasteiger partial charge in [-0.3, -0.25) is 14.9 Å². The van der Waals surface area contributed by atoms with Crippen molar-refractivity contribution in [3.8, 4) is 17.0 Å². The molecule has 9 nitrogen and oxygen atoms in total. The van der Waals surface area contributed by atoms with Crippen molar-refractivity contribution >= 4 is 22.3 Å². The van der Waals surface area contributed by atoms with Gasteiger partial charge in [0, 0.05) is 29.4 Å². The number of aromatic nitrogens is 3. The standard InChI is InChI=1S/C24H17N5O4/c30-22-13-24(16-5-2-1-3-6-16)33-23-10-9-17(11-21(22)23)25-14-18-15-28(27-26-18)19-7-4-8-20(12-19)29(31)32/h1-13,15,25H,14H2. The van der Waals surface area contributed by atoms with Crippen LogP contribution >= 0.6 is 0 Å². The van der Waals surface area contributed by atoms with Crippen LogP contribution in [0.25, 0.3) is 28.0 Å². The maximum absolute atomic E-state index is 12.7. The van der Waals surface area contributed by atoms with Crippen molar-refractivity contribution in [3.63, 3.8) is 0 Å². The summed E-state index contributed by atoms with van der Waals surface area (Å²) in [6.45, 7) is 0.355. The molecule has 2 heterocycles. The number of nitrogens with zero attached hydrogens (tertiary/aromatic N) is 4. The minimum absolute atomic E-state index is 0.0203. The van der Waals surface area contributed by atoms with Gasteiger partial charge in [0.1, 0.15) is 17.0 Å². The fourth-order valence-electron chi connectivity index (χ4n) is 3.46. The van der Waals surface area contributed by atoms with Crippen molar-refractivity contribution in [2.75, 3.05) is 5.32 Å². The van der Waals surface area contributed by atoms with Crippen LogP contribution < -0.4 is 10.7 Å². The molecule has 0 bridgehead atoms. The molecule has 1 N–H and O–H groups in total. The van der Waals surface area contributed by atoms with Crippen LogP contribution in [0.2, 0.25) is 0 Å². The minimum atomic E-state index is -0.456. The predicted molar refractivity (Wildman–Crippen MR) is 123 cm³/mol. The third kappa shape index (κ3) is 4.19. The first-order valence-corrected chi connectivity index (χ1v) is 10.1. The van der Waals surface area contributed by atoms with E-state index in [2.05, 4.69) is 15.6 Å². The van der Waals surface area contributed by atoms with E-state index in [1.54, 1.807) is 30.5 Å². The van der Waals surface area contributed by atoms with E-state index in [0.29, 0.717) is 34.7 Å². The molecule has 0 unspecified atom stereocenters. The fourth-order valence-corrected chi connectivity index (χ4v) is 3.46. The minimum Gasteiger partial charge on any atom is -0.456 e. The van der Waals surface area contributed by atoms with Crippen LogP contribution in [0.1, 0.15) is 5.69 Å². The fraction of sp³-hybridized carbons (Fsp3) is 0.0417. The Morgan fingerprint density at radius 1 is 1.00 bits per heavy atom. The van der Waals surface area contributed by atoms with Crippen molar-refractivity contribution < 1.29 is 9.34 Å². The molecule has 0 amide bonds. The number of rotatable bonds is 6. The molecular formula is C24H17N5O4. The molecule has 0 fully saturated rings. The van der Waals surface area contributed by atoms with E-state index in [1.165, 1.54) is 22.9 Å². The second kappa shape index (κ2) is 8.39. The first-order chi connectivity index (χ1) is 16.1. The molecular weight excluding hydrogens is 422 g/mol. The van der Waals surface area contributed by atoms with Crippen molar-refractivity contribution in [1.82, 2.24) is 15.0 Å². The molecule has 0 aliphatic rings. The number of nitro benzene ring substituents is 1. The summed E-state index contributed by atoms with van der Waals surface area (Å²) in [7, 11) is 0. The molecule has 0 atom stereocenters. The number of hydrogen-bond acceptors (Lipinski definition) is 7. The van der Waals surface area contributed by atoms with Gasteiger partial charge in [0.25, 0.3) is 5.69 Å². The zero-order valence-electron chi connectivity index (χ0n) is 17.2. The summed E-state index contributed by atoms with van der Waals surface area (Å²) in [5, 5.41) is 22.8. The first kappa shape index (κ1) is 20.1. The van der Waals surface area contributed by atoms with Gasteiger partial charge in [0.15, 0.2) is 5.43 Å². The molecule has 3 aromatic carbocycles. The molecule has 0 aliphatic heterocycles. The van der Waals surface area contributed by atoms with Gasteiger partial charge in [0.2, 0.25) is 0 Å². The summed E-state index contributed by atoms with van der Waals surface area (Å²) >= 11 is 0. The Morgan fingerprint density at radius 3 is 2.67 bits per heavy atom. The highest BCUT2D eigenvalue weighted by atomic mass is 16.6. The monoisotopic (exact) mass is 439 g/mol. The van der Waals surface area contributed by atoms with Gasteiger partial charge in [-0.25, -0.2) is 4.68 Å². The van der Waals surface area contributed by atoms with Gasteiger partial charge in [-0.2, -0.15) is 0 Å².